The maximum absolute atomic E-state index is 10.5. The summed E-state index contributed by atoms with van der Waals surface area (Å²) in [5, 5.41) is 12.3. The third kappa shape index (κ3) is 2.38. The van der Waals surface area contributed by atoms with E-state index in [0.29, 0.717) is 5.89 Å². The molecule has 1 aromatic heterocycles. The zero-order chi connectivity index (χ0) is 11.5. The predicted octanol–water partition coefficient (Wildman–Crippen LogP) is 0.854. The SMILES string of the molecule is CN1CCCCC1c1nc(CC(=O)O)no1. The van der Waals surface area contributed by atoms with Crippen LogP contribution in [0.5, 0.6) is 0 Å². The first-order chi connectivity index (χ1) is 7.66. The lowest BCUT2D eigenvalue weighted by Gasteiger charge is -2.29. The first-order valence-corrected chi connectivity index (χ1v) is 5.41. The minimum atomic E-state index is -0.940. The van der Waals surface area contributed by atoms with Crippen molar-refractivity contribution in [1.29, 1.82) is 0 Å². The van der Waals surface area contributed by atoms with Gasteiger partial charge in [0, 0.05) is 0 Å². The van der Waals surface area contributed by atoms with Crippen LogP contribution in [0.1, 0.15) is 37.0 Å². The highest BCUT2D eigenvalue weighted by molar-refractivity contribution is 5.68. The van der Waals surface area contributed by atoms with E-state index in [1.165, 1.54) is 6.42 Å². The largest absolute Gasteiger partial charge is 0.481 e. The number of likely N-dealkylation sites (tertiary alicyclic amines) is 1. The van der Waals surface area contributed by atoms with E-state index < -0.39 is 5.97 Å². The van der Waals surface area contributed by atoms with Crippen LogP contribution in [-0.4, -0.2) is 39.7 Å². The van der Waals surface area contributed by atoms with E-state index in [9.17, 15) is 4.79 Å². The summed E-state index contributed by atoms with van der Waals surface area (Å²) < 4.78 is 5.11. The molecule has 1 atom stereocenters. The highest BCUT2D eigenvalue weighted by atomic mass is 16.5. The van der Waals surface area contributed by atoms with Gasteiger partial charge in [-0.3, -0.25) is 9.69 Å². The van der Waals surface area contributed by atoms with Gasteiger partial charge in [-0.2, -0.15) is 4.98 Å². The van der Waals surface area contributed by atoms with Crippen LogP contribution in [0.4, 0.5) is 0 Å². The van der Waals surface area contributed by atoms with E-state index in [1.54, 1.807) is 0 Å². The van der Waals surface area contributed by atoms with Gasteiger partial charge in [-0.1, -0.05) is 11.6 Å². The van der Waals surface area contributed by atoms with E-state index in [4.69, 9.17) is 9.63 Å². The maximum Gasteiger partial charge on any atom is 0.311 e. The van der Waals surface area contributed by atoms with Crippen LogP contribution in [0.2, 0.25) is 0 Å². The van der Waals surface area contributed by atoms with Crippen molar-refractivity contribution in [3.05, 3.63) is 11.7 Å². The summed E-state index contributed by atoms with van der Waals surface area (Å²) >= 11 is 0. The molecular weight excluding hydrogens is 210 g/mol. The van der Waals surface area contributed by atoms with Crippen LogP contribution >= 0.6 is 0 Å². The number of carboxylic acid groups (broad SMARTS) is 1. The average Bonchev–Trinajstić information content (AvgIpc) is 2.66. The van der Waals surface area contributed by atoms with Gasteiger partial charge in [-0.15, -0.1) is 0 Å². The van der Waals surface area contributed by atoms with E-state index in [0.717, 1.165) is 19.4 Å². The lowest BCUT2D eigenvalue weighted by molar-refractivity contribution is -0.136. The summed E-state index contributed by atoms with van der Waals surface area (Å²) in [5.74, 6) is -0.149. The molecule has 1 unspecified atom stereocenters. The molecule has 16 heavy (non-hydrogen) atoms. The van der Waals surface area contributed by atoms with Gasteiger partial charge in [0.15, 0.2) is 5.82 Å². The van der Waals surface area contributed by atoms with E-state index >= 15 is 0 Å². The second kappa shape index (κ2) is 4.61. The highest BCUT2D eigenvalue weighted by Crippen LogP contribution is 2.28. The predicted molar refractivity (Wildman–Crippen MR) is 54.9 cm³/mol. The number of carboxylic acids is 1. The van der Waals surface area contributed by atoms with Crippen LogP contribution in [-0.2, 0) is 11.2 Å². The van der Waals surface area contributed by atoms with E-state index in [1.807, 2.05) is 7.05 Å². The fourth-order valence-electron chi connectivity index (χ4n) is 2.00. The summed E-state index contributed by atoms with van der Waals surface area (Å²) in [6.07, 6.45) is 3.14. The smallest absolute Gasteiger partial charge is 0.311 e. The monoisotopic (exact) mass is 225 g/mol. The third-order valence-corrected chi connectivity index (χ3v) is 2.85. The molecule has 88 valence electrons. The van der Waals surface area contributed by atoms with Crippen LogP contribution in [0.25, 0.3) is 0 Å². The van der Waals surface area contributed by atoms with Gasteiger partial charge in [-0.05, 0) is 26.4 Å². The molecule has 1 N–H and O–H groups in total. The molecule has 0 bridgehead atoms. The number of nitrogens with zero attached hydrogens (tertiary/aromatic N) is 3. The molecule has 0 aromatic carbocycles. The fraction of sp³-hybridized carbons (Fsp3) is 0.700. The molecule has 2 rings (SSSR count). The number of piperidine rings is 1. The normalized spacial score (nSPS) is 22.2. The molecule has 1 fully saturated rings. The van der Waals surface area contributed by atoms with Crippen LogP contribution in [0.3, 0.4) is 0 Å². The molecule has 1 aliphatic rings. The second-order valence-electron chi connectivity index (χ2n) is 4.11. The zero-order valence-electron chi connectivity index (χ0n) is 9.22. The fourth-order valence-corrected chi connectivity index (χ4v) is 2.00. The molecule has 2 heterocycles. The number of hydrogen-bond donors (Lipinski definition) is 1. The molecule has 0 aliphatic carbocycles. The highest BCUT2D eigenvalue weighted by Gasteiger charge is 2.26. The summed E-state index contributed by atoms with van der Waals surface area (Å²) in [7, 11) is 2.02. The molecule has 1 aliphatic heterocycles. The molecule has 0 saturated carbocycles. The topological polar surface area (TPSA) is 79.5 Å². The Morgan fingerprint density at radius 3 is 3.12 bits per heavy atom. The molecule has 6 nitrogen and oxygen atoms in total. The Kier molecular flexibility index (Phi) is 3.19. The molecular formula is C10H15N3O3. The maximum atomic E-state index is 10.5. The molecule has 6 heteroatoms. The third-order valence-electron chi connectivity index (χ3n) is 2.85. The Morgan fingerprint density at radius 2 is 2.44 bits per heavy atom. The minimum Gasteiger partial charge on any atom is -0.481 e. The number of aromatic nitrogens is 2. The van der Waals surface area contributed by atoms with Crippen molar-refractivity contribution in [3.8, 4) is 0 Å². The Morgan fingerprint density at radius 1 is 1.62 bits per heavy atom. The van der Waals surface area contributed by atoms with Crippen molar-refractivity contribution in [2.24, 2.45) is 0 Å². The molecule has 0 radical (unpaired) electrons. The lowest BCUT2D eigenvalue weighted by atomic mass is 10.0. The average molecular weight is 225 g/mol. The molecule has 1 saturated heterocycles. The van der Waals surface area contributed by atoms with Crippen molar-refractivity contribution in [1.82, 2.24) is 15.0 Å². The van der Waals surface area contributed by atoms with Crippen molar-refractivity contribution in [2.75, 3.05) is 13.6 Å². The lowest BCUT2D eigenvalue weighted by Crippen LogP contribution is -2.29. The Bertz CT molecular complexity index is 377. The van der Waals surface area contributed by atoms with Crippen LogP contribution in [0, 0.1) is 0 Å². The first-order valence-electron chi connectivity index (χ1n) is 5.41. The van der Waals surface area contributed by atoms with Crippen LogP contribution in [0.15, 0.2) is 4.52 Å². The van der Waals surface area contributed by atoms with Gasteiger partial charge in [0.25, 0.3) is 0 Å². The number of rotatable bonds is 3. The number of aliphatic carboxylic acids is 1. The van der Waals surface area contributed by atoms with Gasteiger partial charge < -0.3 is 9.63 Å². The van der Waals surface area contributed by atoms with Gasteiger partial charge in [-0.25, -0.2) is 0 Å². The van der Waals surface area contributed by atoms with E-state index in [2.05, 4.69) is 15.0 Å². The van der Waals surface area contributed by atoms with Gasteiger partial charge >= 0.3 is 5.97 Å². The molecule has 0 spiro atoms. The van der Waals surface area contributed by atoms with Crippen molar-refractivity contribution < 1.29 is 14.4 Å². The Hall–Kier alpha value is -1.43. The van der Waals surface area contributed by atoms with Crippen molar-refractivity contribution in [2.45, 2.75) is 31.7 Å². The quantitative estimate of drug-likeness (QED) is 0.821. The number of carbonyl (C=O) groups is 1. The van der Waals surface area contributed by atoms with Crippen molar-refractivity contribution in [3.63, 3.8) is 0 Å². The minimum absolute atomic E-state index is 0.142. The zero-order valence-corrected chi connectivity index (χ0v) is 9.22. The van der Waals surface area contributed by atoms with Gasteiger partial charge in [0.05, 0.1) is 6.04 Å². The molecule has 1 aromatic rings. The van der Waals surface area contributed by atoms with Gasteiger partial charge in [0.2, 0.25) is 5.89 Å². The summed E-state index contributed by atoms with van der Waals surface area (Å²) in [6.45, 7) is 1.02. The van der Waals surface area contributed by atoms with E-state index in [-0.39, 0.29) is 18.3 Å². The summed E-state index contributed by atoms with van der Waals surface area (Å²) in [6, 6.07) is 0.142. The first kappa shape index (κ1) is 11.1. The van der Waals surface area contributed by atoms with Gasteiger partial charge in [0.1, 0.15) is 6.42 Å². The van der Waals surface area contributed by atoms with Crippen molar-refractivity contribution >= 4 is 5.97 Å². The van der Waals surface area contributed by atoms with Crippen LogP contribution < -0.4 is 0 Å². The Labute approximate surface area is 93.2 Å². The second-order valence-corrected chi connectivity index (χ2v) is 4.11. The number of hydrogen-bond acceptors (Lipinski definition) is 5. The molecule has 0 amide bonds. The summed E-state index contributed by atoms with van der Waals surface area (Å²) in [4.78, 5) is 16.8. The standard InChI is InChI=1S/C10H15N3O3/c1-13-5-3-2-4-7(13)10-11-8(12-16-10)6-9(14)15/h7H,2-6H2,1H3,(H,14,15). The summed E-state index contributed by atoms with van der Waals surface area (Å²) in [5.41, 5.74) is 0. The Balaban J connectivity index is 2.08.